The van der Waals surface area contributed by atoms with Gasteiger partial charge in [-0.05, 0) is 74.6 Å². The highest BCUT2D eigenvalue weighted by atomic mass is 32.2. The van der Waals surface area contributed by atoms with Crippen molar-refractivity contribution in [2.45, 2.75) is 69.4 Å². The standard InChI is InChI=1S/C32H38FN3O4S/c1-3-30(32(38)34-27-11-7-8-12-27)35(22-21-25-9-5-4-6-10-25)31(37)23-36(28-17-15-26(33)16-18-28)41(39,40)29-19-13-24(2)14-20-29/h4-6,9-10,13-20,27,30H,3,7-8,11-12,21-23H2,1-2H3,(H,34,38). The van der Waals surface area contributed by atoms with Crippen molar-refractivity contribution in [1.29, 1.82) is 0 Å². The van der Waals surface area contributed by atoms with Gasteiger partial charge in [0.2, 0.25) is 11.8 Å². The fraction of sp³-hybridized carbons (Fsp3) is 0.375. The average Bonchev–Trinajstić information content (AvgIpc) is 3.48. The molecule has 1 aliphatic rings. The Morgan fingerprint density at radius 3 is 2.20 bits per heavy atom. The SMILES string of the molecule is CCC(C(=O)NC1CCCC1)N(CCc1ccccc1)C(=O)CN(c1ccc(F)cc1)S(=O)(=O)c1ccc(C)cc1. The van der Waals surface area contributed by atoms with Crippen molar-refractivity contribution in [3.05, 3.63) is 95.8 Å². The lowest BCUT2D eigenvalue weighted by Crippen LogP contribution is -2.54. The van der Waals surface area contributed by atoms with Gasteiger partial charge in [0, 0.05) is 12.6 Å². The molecule has 1 saturated carbocycles. The Kier molecular flexibility index (Phi) is 10.2. The molecule has 1 aliphatic carbocycles. The van der Waals surface area contributed by atoms with Crippen LogP contribution in [0.4, 0.5) is 10.1 Å². The van der Waals surface area contributed by atoms with E-state index in [-0.39, 0.29) is 29.1 Å². The van der Waals surface area contributed by atoms with Crippen LogP contribution in [0.3, 0.4) is 0 Å². The Hall–Kier alpha value is -3.72. The molecule has 7 nitrogen and oxygen atoms in total. The molecule has 0 aromatic heterocycles. The molecule has 3 aromatic carbocycles. The zero-order valence-electron chi connectivity index (χ0n) is 23.6. The number of benzene rings is 3. The molecule has 2 amide bonds. The monoisotopic (exact) mass is 579 g/mol. The van der Waals surface area contributed by atoms with E-state index in [4.69, 9.17) is 0 Å². The minimum absolute atomic E-state index is 0.0158. The van der Waals surface area contributed by atoms with Gasteiger partial charge in [0.05, 0.1) is 10.6 Å². The number of hydrogen-bond acceptors (Lipinski definition) is 4. The summed E-state index contributed by atoms with van der Waals surface area (Å²) in [7, 11) is -4.19. The van der Waals surface area contributed by atoms with E-state index in [2.05, 4.69) is 5.32 Å². The third kappa shape index (κ3) is 7.73. The predicted octanol–water partition coefficient (Wildman–Crippen LogP) is 5.24. The van der Waals surface area contributed by atoms with Crippen LogP contribution in [0.15, 0.2) is 83.8 Å². The van der Waals surface area contributed by atoms with Crippen molar-refractivity contribution >= 4 is 27.5 Å². The van der Waals surface area contributed by atoms with Crippen LogP contribution in [-0.2, 0) is 26.0 Å². The van der Waals surface area contributed by atoms with Gasteiger partial charge < -0.3 is 10.2 Å². The van der Waals surface area contributed by atoms with Crippen LogP contribution in [0.25, 0.3) is 0 Å². The van der Waals surface area contributed by atoms with Crippen LogP contribution in [0.1, 0.15) is 50.2 Å². The molecule has 1 atom stereocenters. The van der Waals surface area contributed by atoms with Crippen LogP contribution in [-0.4, -0.2) is 50.3 Å². The molecule has 0 aliphatic heterocycles. The normalized spacial score (nSPS) is 14.4. The zero-order valence-corrected chi connectivity index (χ0v) is 24.4. The number of nitrogens with one attached hydrogen (secondary N) is 1. The second kappa shape index (κ2) is 13.8. The number of amides is 2. The molecule has 1 unspecified atom stereocenters. The van der Waals surface area contributed by atoms with E-state index in [1.165, 1.54) is 29.2 Å². The molecule has 41 heavy (non-hydrogen) atoms. The molecular formula is C32H38FN3O4S. The lowest BCUT2D eigenvalue weighted by Gasteiger charge is -2.33. The van der Waals surface area contributed by atoms with E-state index in [9.17, 15) is 22.4 Å². The molecule has 0 saturated heterocycles. The maximum atomic E-state index is 14.1. The molecule has 218 valence electrons. The number of aryl methyl sites for hydroxylation is 1. The van der Waals surface area contributed by atoms with E-state index < -0.39 is 34.3 Å². The summed E-state index contributed by atoms with van der Waals surface area (Å²) in [4.78, 5) is 29.0. The van der Waals surface area contributed by atoms with Gasteiger partial charge in [0.25, 0.3) is 10.0 Å². The van der Waals surface area contributed by atoms with Gasteiger partial charge in [-0.2, -0.15) is 0 Å². The smallest absolute Gasteiger partial charge is 0.264 e. The summed E-state index contributed by atoms with van der Waals surface area (Å²) in [6.45, 7) is 3.40. The number of halogens is 1. The summed E-state index contributed by atoms with van der Waals surface area (Å²) in [6, 6.07) is 20.3. The zero-order chi connectivity index (χ0) is 29.4. The van der Waals surface area contributed by atoms with Crippen molar-refractivity contribution in [1.82, 2.24) is 10.2 Å². The average molecular weight is 580 g/mol. The van der Waals surface area contributed by atoms with Crippen molar-refractivity contribution in [3.63, 3.8) is 0 Å². The quantitative estimate of drug-likeness (QED) is 0.318. The van der Waals surface area contributed by atoms with Gasteiger partial charge in [-0.1, -0.05) is 67.8 Å². The summed E-state index contributed by atoms with van der Waals surface area (Å²) < 4.78 is 42.5. The first kappa shape index (κ1) is 30.2. The summed E-state index contributed by atoms with van der Waals surface area (Å²) in [6.07, 6.45) is 4.81. The molecule has 0 bridgehead atoms. The molecular weight excluding hydrogens is 541 g/mol. The van der Waals surface area contributed by atoms with Crippen LogP contribution in [0.2, 0.25) is 0 Å². The Morgan fingerprint density at radius 1 is 0.951 bits per heavy atom. The first-order valence-electron chi connectivity index (χ1n) is 14.2. The third-order valence-electron chi connectivity index (χ3n) is 7.57. The maximum absolute atomic E-state index is 14.1. The fourth-order valence-corrected chi connectivity index (χ4v) is 6.65. The van der Waals surface area contributed by atoms with E-state index in [1.54, 1.807) is 12.1 Å². The molecule has 0 heterocycles. The first-order valence-corrected chi connectivity index (χ1v) is 15.6. The minimum Gasteiger partial charge on any atom is -0.352 e. The Morgan fingerprint density at radius 2 is 1.59 bits per heavy atom. The summed E-state index contributed by atoms with van der Waals surface area (Å²) in [5.41, 5.74) is 2.05. The highest BCUT2D eigenvalue weighted by Crippen LogP contribution is 2.25. The Balaban J connectivity index is 1.66. The van der Waals surface area contributed by atoms with Crippen molar-refractivity contribution in [2.75, 3.05) is 17.4 Å². The molecule has 3 aromatic rings. The van der Waals surface area contributed by atoms with Crippen LogP contribution in [0, 0.1) is 12.7 Å². The topological polar surface area (TPSA) is 86.8 Å². The van der Waals surface area contributed by atoms with Gasteiger partial charge in [-0.25, -0.2) is 12.8 Å². The number of hydrogen-bond donors (Lipinski definition) is 1. The maximum Gasteiger partial charge on any atom is 0.264 e. The van der Waals surface area contributed by atoms with Gasteiger partial charge >= 0.3 is 0 Å². The fourth-order valence-electron chi connectivity index (χ4n) is 5.24. The lowest BCUT2D eigenvalue weighted by molar-refractivity contribution is -0.139. The number of rotatable bonds is 12. The Bertz CT molecular complexity index is 1410. The predicted molar refractivity (Wildman–Crippen MR) is 158 cm³/mol. The van der Waals surface area contributed by atoms with Gasteiger partial charge in [0.15, 0.2) is 0 Å². The van der Waals surface area contributed by atoms with Gasteiger partial charge in [-0.3, -0.25) is 13.9 Å². The minimum atomic E-state index is -4.19. The third-order valence-corrected chi connectivity index (χ3v) is 9.36. The highest BCUT2D eigenvalue weighted by Gasteiger charge is 2.34. The molecule has 4 rings (SSSR count). The van der Waals surface area contributed by atoms with Crippen molar-refractivity contribution < 1.29 is 22.4 Å². The first-order chi connectivity index (χ1) is 19.7. The number of sulfonamides is 1. The molecule has 0 radical (unpaired) electrons. The summed E-state index contributed by atoms with van der Waals surface area (Å²) in [5, 5.41) is 3.11. The number of carbonyl (C=O) groups is 2. The van der Waals surface area contributed by atoms with Crippen LogP contribution >= 0.6 is 0 Å². The number of carbonyl (C=O) groups excluding carboxylic acids is 2. The number of nitrogens with zero attached hydrogens (tertiary/aromatic N) is 2. The Labute approximate surface area is 242 Å². The summed E-state index contributed by atoms with van der Waals surface area (Å²) >= 11 is 0. The van der Waals surface area contributed by atoms with Gasteiger partial charge in [-0.15, -0.1) is 0 Å². The van der Waals surface area contributed by atoms with E-state index in [1.807, 2.05) is 44.2 Å². The molecule has 9 heteroatoms. The van der Waals surface area contributed by atoms with Crippen LogP contribution in [0.5, 0.6) is 0 Å². The molecule has 1 N–H and O–H groups in total. The second-order valence-electron chi connectivity index (χ2n) is 10.5. The number of anilines is 1. The second-order valence-corrected chi connectivity index (χ2v) is 12.4. The largest absolute Gasteiger partial charge is 0.352 e. The lowest BCUT2D eigenvalue weighted by atomic mass is 10.1. The van der Waals surface area contributed by atoms with Crippen LogP contribution < -0.4 is 9.62 Å². The van der Waals surface area contributed by atoms with Gasteiger partial charge in [0.1, 0.15) is 18.4 Å². The van der Waals surface area contributed by atoms with E-state index in [0.717, 1.165) is 53.2 Å². The van der Waals surface area contributed by atoms with E-state index in [0.29, 0.717) is 12.8 Å². The summed E-state index contributed by atoms with van der Waals surface area (Å²) in [5.74, 6) is -1.25. The van der Waals surface area contributed by atoms with Crippen molar-refractivity contribution in [2.24, 2.45) is 0 Å². The van der Waals surface area contributed by atoms with Crippen molar-refractivity contribution in [3.8, 4) is 0 Å². The van der Waals surface area contributed by atoms with E-state index >= 15 is 0 Å². The molecule has 0 spiro atoms. The molecule has 1 fully saturated rings. The highest BCUT2D eigenvalue weighted by molar-refractivity contribution is 7.92.